The quantitative estimate of drug-likeness (QED) is 0.542. The Hall–Kier alpha value is -2.43. The summed E-state index contributed by atoms with van der Waals surface area (Å²) >= 11 is 2.60. The first-order valence-corrected chi connectivity index (χ1v) is 11.6. The minimum Gasteiger partial charge on any atom is -0.376 e. The third-order valence-corrected chi connectivity index (χ3v) is 6.75. The molecule has 2 N–H and O–H groups in total. The van der Waals surface area contributed by atoms with Crippen molar-refractivity contribution in [2.75, 3.05) is 17.7 Å². The molecular formula is C20H23N5O3S2. The Morgan fingerprint density at radius 2 is 2.27 bits per heavy atom. The lowest BCUT2D eigenvalue weighted by atomic mass is 10.1. The summed E-state index contributed by atoms with van der Waals surface area (Å²) in [5, 5.41) is 12.3. The Bertz CT molecular complexity index is 1100. The van der Waals surface area contributed by atoms with Crippen LogP contribution in [0.25, 0.3) is 11.3 Å². The van der Waals surface area contributed by atoms with E-state index in [1.165, 1.54) is 38.8 Å². The fourth-order valence-corrected chi connectivity index (χ4v) is 4.71. The maximum absolute atomic E-state index is 12.4. The van der Waals surface area contributed by atoms with Crippen LogP contribution in [0.2, 0.25) is 0 Å². The van der Waals surface area contributed by atoms with Crippen LogP contribution in [0, 0.1) is 13.8 Å². The number of hydrogen-bond acceptors (Lipinski definition) is 7. The third kappa shape index (κ3) is 4.82. The van der Waals surface area contributed by atoms with Crippen LogP contribution in [0.1, 0.15) is 24.0 Å². The van der Waals surface area contributed by atoms with Crippen LogP contribution in [0.4, 0.5) is 5.13 Å². The summed E-state index contributed by atoms with van der Waals surface area (Å²) in [7, 11) is 0. The Balaban J connectivity index is 1.35. The van der Waals surface area contributed by atoms with E-state index in [0.29, 0.717) is 16.8 Å². The van der Waals surface area contributed by atoms with Gasteiger partial charge >= 0.3 is 5.69 Å². The molecule has 1 aliphatic rings. The number of nitrogens with one attached hydrogen (secondary N) is 2. The predicted octanol–water partition coefficient (Wildman–Crippen LogP) is 3.22. The first-order chi connectivity index (χ1) is 14.5. The van der Waals surface area contributed by atoms with Gasteiger partial charge in [-0.15, -0.1) is 16.4 Å². The second kappa shape index (κ2) is 9.15. The molecule has 1 aromatic carbocycles. The van der Waals surface area contributed by atoms with Gasteiger partial charge in [0.15, 0.2) is 10.3 Å². The third-order valence-electron chi connectivity index (χ3n) is 5.02. The molecule has 10 heteroatoms. The van der Waals surface area contributed by atoms with Gasteiger partial charge in [-0.25, -0.2) is 14.9 Å². The largest absolute Gasteiger partial charge is 0.376 e. The van der Waals surface area contributed by atoms with Crippen LogP contribution in [0.3, 0.4) is 0 Å². The Kier molecular flexibility index (Phi) is 6.35. The highest BCUT2D eigenvalue weighted by molar-refractivity contribution is 7.99. The number of rotatable bonds is 7. The van der Waals surface area contributed by atoms with Crippen LogP contribution in [-0.2, 0) is 16.1 Å². The van der Waals surface area contributed by atoms with Crippen LogP contribution in [-0.4, -0.2) is 44.1 Å². The van der Waals surface area contributed by atoms with Crippen LogP contribution < -0.4 is 11.0 Å². The van der Waals surface area contributed by atoms with Crippen molar-refractivity contribution in [2.24, 2.45) is 0 Å². The fraction of sp³-hybridized carbons (Fsp3) is 0.400. The number of thiazole rings is 1. The van der Waals surface area contributed by atoms with Crippen LogP contribution in [0.5, 0.6) is 0 Å². The summed E-state index contributed by atoms with van der Waals surface area (Å²) in [4.78, 5) is 28.9. The van der Waals surface area contributed by atoms with Crippen LogP contribution >= 0.6 is 23.1 Å². The topological polar surface area (TPSA) is 102 Å². The number of ether oxygens (including phenoxy) is 1. The molecule has 3 heterocycles. The number of anilines is 1. The number of H-pyrrole nitrogens is 1. The van der Waals surface area contributed by atoms with Crippen molar-refractivity contribution in [3.05, 3.63) is 45.2 Å². The summed E-state index contributed by atoms with van der Waals surface area (Å²) < 4.78 is 7.13. The molecule has 30 heavy (non-hydrogen) atoms. The van der Waals surface area contributed by atoms with Crippen molar-refractivity contribution < 1.29 is 9.53 Å². The van der Waals surface area contributed by atoms with Gasteiger partial charge in [-0.3, -0.25) is 9.36 Å². The second-order valence-corrected chi connectivity index (χ2v) is 9.03. The SMILES string of the molecule is Cc1ccc(-c2csc(NC(=O)CSc3n[nH]c(=O)n3CC3CCCO3)n2)cc1C. The van der Waals surface area contributed by atoms with Crippen molar-refractivity contribution in [1.82, 2.24) is 19.7 Å². The molecule has 0 aliphatic carbocycles. The highest BCUT2D eigenvalue weighted by Gasteiger charge is 2.20. The van der Waals surface area contributed by atoms with Gasteiger partial charge in [-0.05, 0) is 43.9 Å². The summed E-state index contributed by atoms with van der Waals surface area (Å²) in [5.74, 6) is -0.0610. The molecular weight excluding hydrogens is 422 g/mol. The molecule has 0 radical (unpaired) electrons. The van der Waals surface area contributed by atoms with E-state index in [4.69, 9.17) is 4.74 Å². The van der Waals surface area contributed by atoms with E-state index in [2.05, 4.69) is 46.5 Å². The smallest absolute Gasteiger partial charge is 0.344 e. The van der Waals surface area contributed by atoms with Gasteiger partial charge in [-0.1, -0.05) is 23.9 Å². The second-order valence-electron chi connectivity index (χ2n) is 7.23. The first kappa shape index (κ1) is 20.8. The van der Waals surface area contributed by atoms with Crippen molar-refractivity contribution in [2.45, 2.75) is 44.5 Å². The number of aromatic nitrogens is 4. The Labute approximate surface area is 182 Å². The van der Waals surface area contributed by atoms with Crippen molar-refractivity contribution in [3.63, 3.8) is 0 Å². The van der Waals surface area contributed by atoms with E-state index in [-0.39, 0.29) is 23.5 Å². The summed E-state index contributed by atoms with van der Waals surface area (Å²) in [6.07, 6.45) is 1.95. The maximum Gasteiger partial charge on any atom is 0.344 e. The molecule has 1 atom stereocenters. The molecule has 3 aromatic rings. The minimum absolute atomic E-state index is 0.0210. The molecule has 0 bridgehead atoms. The normalized spacial score (nSPS) is 16.1. The van der Waals surface area contributed by atoms with Crippen molar-refractivity contribution >= 4 is 34.1 Å². The maximum atomic E-state index is 12.4. The summed E-state index contributed by atoms with van der Waals surface area (Å²) in [6.45, 7) is 5.31. The van der Waals surface area contributed by atoms with Crippen LogP contribution in [0.15, 0.2) is 33.5 Å². The minimum atomic E-state index is -0.286. The van der Waals surface area contributed by atoms with E-state index in [1.54, 1.807) is 0 Å². The van der Waals surface area contributed by atoms with Gasteiger partial charge in [-0.2, -0.15) is 0 Å². The summed E-state index contributed by atoms with van der Waals surface area (Å²) in [5.41, 5.74) is 4.01. The lowest BCUT2D eigenvalue weighted by molar-refractivity contribution is -0.113. The Morgan fingerprint density at radius 1 is 1.40 bits per heavy atom. The fourth-order valence-electron chi connectivity index (χ4n) is 3.22. The highest BCUT2D eigenvalue weighted by atomic mass is 32.2. The van der Waals surface area contributed by atoms with Gasteiger partial charge in [0.1, 0.15) is 0 Å². The number of thioether (sulfide) groups is 1. The molecule has 1 aliphatic heterocycles. The number of benzene rings is 1. The van der Waals surface area contributed by atoms with Gasteiger partial charge in [0.05, 0.1) is 24.1 Å². The number of nitrogens with zero attached hydrogens (tertiary/aromatic N) is 3. The van der Waals surface area contributed by atoms with Gasteiger partial charge < -0.3 is 10.1 Å². The van der Waals surface area contributed by atoms with E-state index in [9.17, 15) is 9.59 Å². The molecule has 1 fully saturated rings. The van der Waals surface area contributed by atoms with Gasteiger partial charge in [0.2, 0.25) is 5.91 Å². The number of aromatic amines is 1. The number of hydrogen-bond donors (Lipinski definition) is 2. The zero-order valence-corrected chi connectivity index (χ0v) is 18.4. The molecule has 1 saturated heterocycles. The standard InChI is InChI=1S/C20H23N5O3S2/c1-12-5-6-14(8-13(12)2)16-10-29-18(21-16)22-17(26)11-30-20-24-23-19(27)25(20)9-15-4-3-7-28-15/h5-6,8,10,15H,3-4,7,9,11H2,1-2H3,(H,23,27)(H,21,22,26). The molecule has 158 valence electrons. The molecule has 4 rings (SSSR count). The van der Waals surface area contributed by atoms with Crippen molar-refractivity contribution in [1.29, 1.82) is 0 Å². The monoisotopic (exact) mass is 445 g/mol. The average molecular weight is 446 g/mol. The zero-order valence-electron chi connectivity index (χ0n) is 16.8. The number of amides is 1. The van der Waals surface area contributed by atoms with E-state index >= 15 is 0 Å². The molecule has 2 aromatic heterocycles. The number of aryl methyl sites for hydroxylation is 2. The first-order valence-electron chi connectivity index (χ1n) is 9.72. The average Bonchev–Trinajstić information content (AvgIpc) is 3.46. The van der Waals surface area contributed by atoms with Crippen molar-refractivity contribution in [3.8, 4) is 11.3 Å². The molecule has 1 unspecified atom stereocenters. The van der Waals surface area contributed by atoms with Gasteiger partial charge in [0.25, 0.3) is 0 Å². The number of carbonyl (C=O) groups is 1. The van der Waals surface area contributed by atoms with E-state index < -0.39 is 0 Å². The summed E-state index contributed by atoms with van der Waals surface area (Å²) in [6, 6.07) is 6.19. The molecule has 0 saturated carbocycles. The zero-order chi connectivity index (χ0) is 21.1. The predicted molar refractivity (Wildman–Crippen MR) is 118 cm³/mol. The van der Waals surface area contributed by atoms with E-state index in [1.807, 2.05) is 11.4 Å². The highest BCUT2D eigenvalue weighted by Crippen LogP contribution is 2.27. The molecule has 8 nitrogen and oxygen atoms in total. The Morgan fingerprint density at radius 3 is 3.03 bits per heavy atom. The lowest BCUT2D eigenvalue weighted by Crippen LogP contribution is -2.25. The molecule has 0 spiro atoms. The lowest BCUT2D eigenvalue weighted by Gasteiger charge is -2.10. The van der Waals surface area contributed by atoms with E-state index in [0.717, 1.165) is 30.7 Å². The number of carbonyl (C=O) groups excluding carboxylic acids is 1. The van der Waals surface area contributed by atoms with Gasteiger partial charge in [0, 0.05) is 17.6 Å². The molecule has 1 amide bonds.